The number of hydrogen-bond acceptors (Lipinski definition) is 4. The lowest BCUT2D eigenvalue weighted by Crippen LogP contribution is -2.54. The SMILES string of the molecule is CC1CN(C(C)c2ccc(O)cc2O)CC(C)N1. The van der Waals surface area contributed by atoms with Crippen molar-refractivity contribution in [2.45, 2.75) is 38.9 Å². The van der Waals surface area contributed by atoms with E-state index in [4.69, 9.17) is 0 Å². The quantitative estimate of drug-likeness (QED) is 0.749. The van der Waals surface area contributed by atoms with Crippen molar-refractivity contribution >= 4 is 0 Å². The van der Waals surface area contributed by atoms with Crippen LogP contribution in [0.5, 0.6) is 11.5 Å². The van der Waals surface area contributed by atoms with Crippen LogP contribution in [-0.2, 0) is 0 Å². The Hall–Kier alpha value is -1.26. The first-order valence-electron chi connectivity index (χ1n) is 6.49. The smallest absolute Gasteiger partial charge is 0.124 e. The summed E-state index contributed by atoms with van der Waals surface area (Å²) in [6.07, 6.45) is 0. The van der Waals surface area contributed by atoms with Gasteiger partial charge in [0.15, 0.2) is 0 Å². The molecule has 0 spiro atoms. The fourth-order valence-corrected chi connectivity index (χ4v) is 2.77. The topological polar surface area (TPSA) is 55.7 Å². The minimum atomic E-state index is 0.102. The fraction of sp³-hybridized carbons (Fsp3) is 0.571. The number of benzene rings is 1. The summed E-state index contributed by atoms with van der Waals surface area (Å²) in [5.41, 5.74) is 0.870. The van der Waals surface area contributed by atoms with E-state index in [-0.39, 0.29) is 17.5 Å². The van der Waals surface area contributed by atoms with Crippen molar-refractivity contribution in [1.82, 2.24) is 10.2 Å². The van der Waals surface area contributed by atoms with Gasteiger partial charge < -0.3 is 15.5 Å². The maximum absolute atomic E-state index is 9.92. The number of phenolic OH excluding ortho intramolecular Hbond substituents is 2. The Labute approximate surface area is 108 Å². The Morgan fingerprint density at radius 2 is 1.83 bits per heavy atom. The molecule has 0 amide bonds. The van der Waals surface area contributed by atoms with Gasteiger partial charge in [-0.15, -0.1) is 0 Å². The predicted octanol–water partition coefficient (Wildman–Crippen LogP) is 1.84. The highest BCUT2D eigenvalue weighted by Crippen LogP contribution is 2.31. The van der Waals surface area contributed by atoms with E-state index in [9.17, 15) is 10.2 Å². The summed E-state index contributed by atoms with van der Waals surface area (Å²) in [7, 11) is 0. The van der Waals surface area contributed by atoms with Gasteiger partial charge in [0.25, 0.3) is 0 Å². The van der Waals surface area contributed by atoms with E-state index in [0.29, 0.717) is 12.1 Å². The minimum absolute atomic E-state index is 0.102. The largest absolute Gasteiger partial charge is 0.508 e. The summed E-state index contributed by atoms with van der Waals surface area (Å²) < 4.78 is 0. The maximum Gasteiger partial charge on any atom is 0.124 e. The van der Waals surface area contributed by atoms with Gasteiger partial charge in [0, 0.05) is 42.8 Å². The molecule has 0 bridgehead atoms. The summed E-state index contributed by atoms with van der Waals surface area (Å²) >= 11 is 0. The Morgan fingerprint density at radius 1 is 1.22 bits per heavy atom. The molecule has 1 saturated heterocycles. The van der Waals surface area contributed by atoms with Gasteiger partial charge in [0.05, 0.1) is 0 Å². The lowest BCUT2D eigenvalue weighted by molar-refractivity contribution is 0.130. The fourth-order valence-electron chi connectivity index (χ4n) is 2.77. The summed E-state index contributed by atoms with van der Waals surface area (Å²) in [5, 5.41) is 22.7. The van der Waals surface area contributed by atoms with Crippen LogP contribution in [0.4, 0.5) is 0 Å². The third kappa shape index (κ3) is 2.76. The molecule has 0 aromatic heterocycles. The van der Waals surface area contributed by atoms with Gasteiger partial charge in [-0.3, -0.25) is 4.90 Å². The van der Waals surface area contributed by atoms with E-state index >= 15 is 0 Å². The Balaban J connectivity index is 2.17. The predicted molar refractivity (Wildman–Crippen MR) is 71.8 cm³/mol. The monoisotopic (exact) mass is 250 g/mol. The molecule has 18 heavy (non-hydrogen) atoms. The molecule has 1 aliphatic rings. The molecule has 0 radical (unpaired) electrons. The molecule has 3 unspecified atom stereocenters. The first kappa shape index (κ1) is 13.2. The van der Waals surface area contributed by atoms with Crippen LogP contribution in [0.1, 0.15) is 32.4 Å². The number of nitrogens with zero attached hydrogens (tertiary/aromatic N) is 1. The number of nitrogens with one attached hydrogen (secondary N) is 1. The second-order valence-corrected chi connectivity index (χ2v) is 5.34. The van der Waals surface area contributed by atoms with Gasteiger partial charge in [0.1, 0.15) is 11.5 Å². The van der Waals surface area contributed by atoms with E-state index in [1.165, 1.54) is 6.07 Å². The first-order chi connectivity index (χ1) is 8.47. The standard InChI is InChI=1S/C14H22N2O2/c1-9-7-16(8-10(2)15-9)11(3)13-5-4-12(17)6-14(13)18/h4-6,9-11,15,17-18H,7-8H2,1-3H3. The van der Waals surface area contributed by atoms with E-state index in [1.807, 2.05) is 0 Å². The van der Waals surface area contributed by atoms with Crippen molar-refractivity contribution in [3.05, 3.63) is 23.8 Å². The summed E-state index contributed by atoms with van der Waals surface area (Å²) in [6.45, 7) is 8.37. The Morgan fingerprint density at radius 3 is 2.39 bits per heavy atom. The molecule has 1 aliphatic heterocycles. The zero-order valence-corrected chi connectivity index (χ0v) is 11.2. The molecule has 4 heteroatoms. The van der Waals surface area contributed by atoms with E-state index in [0.717, 1.165) is 18.7 Å². The molecule has 4 nitrogen and oxygen atoms in total. The normalized spacial score (nSPS) is 27.1. The molecule has 3 atom stereocenters. The van der Waals surface area contributed by atoms with Crippen LogP contribution in [0.15, 0.2) is 18.2 Å². The van der Waals surface area contributed by atoms with Crippen molar-refractivity contribution in [3.8, 4) is 11.5 Å². The van der Waals surface area contributed by atoms with E-state index < -0.39 is 0 Å². The molecule has 2 rings (SSSR count). The molecular formula is C14H22N2O2. The minimum Gasteiger partial charge on any atom is -0.508 e. The van der Waals surface area contributed by atoms with Gasteiger partial charge in [-0.2, -0.15) is 0 Å². The van der Waals surface area contributed by atoms with E-state index in [1.54, 1.807) is 12.1 Å². The maximum atomic E-state index is 9.92. The molecule has 0 aliphatic carbocycles. The van der Waals surface area contributed by atoms with Crippen LogP contribution in [0.25, 0.3) is 0 Å². The number of aromatic hydroxyl groups is 2. The highest BCUT2D eigenvalue weighted by Gasteiger charge is 2.26. The third-order valence-electron chi connectivity index (χ3n) is 3.60. The zero-order chi connectivity index (χ0) is 13.3. The number of piperazine rings is 1. The van der Waals surface area contributed by atoms with Gasteiger partial charge >= 0.3 is 0 Å². The third-order valence-corrected chi connectivity index (χ3v) is 3.60. The van der Waals surface area contributed by atoms with Crippen molar-refractivity contribution < 1.29 is 10.2 Å². The molecule has 3 N–H and O–H groups in total. The highest BCUT2D eigenvalue weighted by molar-refractivity contribution is 5.40. The number of phenols is 2. The zero-order valence-electron chi connectivity index (χ0n) is 11.2. The van der Waals surface area contributed by atoms with Crippen molar-refractivity contribution in [2.24, 2.45) is 0 Å². The molecule has 1 heterocycles. The lowest BCUT2D eigenvalue weighted by Gasteiger charge is -2.40. The van der Waals surface area contributed by atoms with Crippen LogP contribution >= 0.6 is 0 Å². The summed E-state index contributed by atoms with van der Waals surface area (Å²) in [4.78, 5) is 2.36. The first-order valence-corrected chi connectivity index (χ1v) is 6.49. The second kappa shape index (κ2) is 5.16. The van der Waals surface area contributed by atoms with Crippen LogP contribution in [0, 0.1) is 0 Å². The van der Waals surface area contributed by atoms with Crippen LogP contribution < -0.4 is 5.32 Å². The van der Waals surface area contributed by atoms with Crippen LogP contribution in [-0.4, -0.2) is 40.3 Å². The molecule has 1 aromatic carbocycles. The molecule has 1 aromatic rings. The molecule has 1 fully saturated rings. The second-order valence-electron chi connectivity index (χ2n) is 5.34. The summed E-state index contributed by atoms with van der Waals surface area (Å²) in [5.74, 6) is 0.270. The average Bonchev–Trinajstić information content (AvgIpc) is 2.26. The van der Waals surface area contributed by atoms with Gasteiger partial charge in [-0.1, -0.05) is 6.07 Å². The van der Waals surface area contributed by atoms with Gasteiger partial charge in [-0.05, 0) is 26.8 Å². The Bertz CT molecular complexity index is 412. The van der Waals surface area contributed by atoms with E-state index in [2.05, 4.69) is 31.0 Å². The summed E-state index contributed by atoms with van der Waals surface area (Å²) in [6, 6.07) is 5.89. The van der Waals surface area contributed by atoms with Crippen LogP contribution in [0.2, 0.25) is 0 Å². The number of rotatable bonds is 2. The lowest BCUT2D eigenvalue weighted by atomic mass is 10.0. The van der Waals surface area contributed by atoms with Gasteiger partial charge in [-0.25, -0.2) is 0 Å². The van der Waals surface area contributed by atoms with Crippen molar-refractivity contribution in [2.75, 3.05) is 13.1 Å². The molecule has 100 valence electrons. The van der Waals surface area contributed by atoms with Gasteiger partial charge in [0.2, 0.25) is 0 Å². The molecule has 0 saturated carbocycles. The van der Waals surface area contributed by atoms with Crippen molar-refractivity contribution in [3.63, 3.8) is 0 Å². The van der Waals surface area contributed by atoms with Crippen molar-refractivity contribution in [1.29, 1.82) is 0 Å². The Kier molecular flexibility index (Phi) is 3.78. The number of hydrogen-bond donors (Lipinski definition) is 3. The van der Waals surface area contributed by atoms with Crippen LogP contribution in [0.3, 0.4) is 0 Å². The highest BCUT2D eigenvalue weighted by atomic mass is 16.3. The molecular weight excluding hydrogens is 228 g/mol. The average molecular weight is 250 g/mol.